The highest BCUT2D eigenvalue weighted by atomic mass is 16.6. The van der Waals surface area contributed by atoms with Gasteiger partial charge in [-0.05, 0) is 79.6 Å². The number of hydrogen-bond donors (Lipinski definition) is 6. The first-order chi connectivity index (χ1) is 44.4. The summed E-state index contributed by atoms with van der Waals surface area (Å²) >= 11 is 0. The van der Waals surface area contributed by atoms with Gasteiger partial charge in [0.25, 0.3) is 17.7 Å². The van der Waals surface area contributed by atoms with Crippen LogP contribution in [0.25, 0.3) is 0 Å². The number of benzene rings is 4. The lowest BCUT2D eigenvalue weighted by atomic mass is 9.44. The highest BCUT2D eigenvalue weighted by Gasteiger charge is 2.78. The highest BCUT2D eigenvalue weighted by molar-refractivity contribution is 6.08. The van der Waals surface area contributed by atoms with Crippen LogP contribution in [0, 0.1) is 22.7 Å². The molecule has 4 aliphatic rings. The van der Waals surface area contributed by atoms with Crippen molar-refractivity contribution < 1.29 is 91.4 Å². The molecule has 500 valence electrons. The van der Waals surface area contributed by atoms with Crippen molar-refractivity contribution in [2.24, 2.45) is 28.4 Å². The van der Waals surface area contributed by atoms with Crippen LogP contribution in [0.15, 0.2) is 145 Å². The van der Waals surface area contributed by atoms with Gasteiger partial charge in [0.2, 0.25) is 17.9 Å². The van der Waals surface area contributed by atoms with E-state index in [0.29, 0.717) is 10.5 Å². The smallest absolute Gasteiger partial charge is 0.350 e. The van der Waals surface area contributed by atoms with Gasteiger partial charge in [-0.25, -0.2) is 9.59 Å². The maximum absolute atomic E-state index is 16.0. The molecule has 3 unspecified atom stereocenters. The summed E-state index contributed by atoms with van der Waals surface area (Å²) in [5.41, 5.74) is -2.58. The fourth-order valence-electron chi connectivity index (χ4n) is 13.5. The van der Waals surface area contributed by atoms with E-state index in [0.717, 1.165) is 13.8 Å². The number of imide groups is 1. The molecule has 1 heterocycles. The molecule has 24 heteroatoms. The van der Waals surface area contributed by atoms with Gasteiger partial charge in [-0.3, -0.25) is 48.1 Å². The Morgan fingerprint density at radius 1 is 0.766 bits per heavy atom. The van der Waals surface area contributed by atoms with Crippen LogP contribution < -0.4 is 21.7 Å². The lowest BCUT2D eigenvalue weighted by Gasteiger charge is -2.67. The molecule has 24 nitrogen and oxygen atoms in total. The van der Waals surface area contributed by atoms with E-state index in [9.17, 15) is 43.8 Å². The summed E-state index contributed by atoms with van der Waals surface area (Å²) in [6.45, 7) is 14.2. The summed E-state index contributed by atoms with van der Waals surface area (Å²) in [6, 6.07) is 27.2. The lowest BCUT2D eigenvalue weighted by molar-refractivity contribution is -0.346. The summed E-state index contributed by atoms with van der Waals surface area (Å²) < 4.78 is 37.2. The van der Waals surface area contributed by atoms with Gasteiger partial charge in [0.05, 0.1) is 36.2 Å². The van der Waals surface area contributed by atoms with Gasteiger partial charge in [0.15, 0.2) is 17.5 Å². The van der Waals surface area contributed by atoms with Crippen molar-refractivity contribution in [1.29, 1.82) is 0 Å². The van der Waals surface area contributed by atoms with Crippen molar-refractivity contribution >= 4 is 65.2 Å². The second-order valence-corrected chi connectivity index (χ2v) is 25.5. The Balaban J connectivity index is 1.25. The number of nitrogens with two attached hydrogens (primary N) is 1. The number of ketones is 1. The number of carbonyl (C=O) groups is 11. The van der Waals surface area contributed by atoms with Gasteiger partial charge in [-0.1, -0.05) is 131 Å². The number of hydrogen-bond acceptors (Lipinski definition) is 20. The van der Waals surface area contributed by atoms with Gasteiger partial charge in [-0.2, -0.15) is 0 Å². The number of fused-ring (bicyclic) bond motifs is 5. The SMILES string of the molecule is C=C(C)C(=O)N(CC(=O)O[C@@H](C(=O)O[C@H]1C[C@@]2(O)[C@@H](OC(=O)c3ccccc3)C3C4(OC(C)=O)CO[C@@H]4C[C@H](O)C3(C)C(=O)[C@H](OC(C)=O)C(=C1C)C2(C)C)[C@@H](NC(=O)c1ccccc1)c1ccccc1)C(=O)[C@H](CC(C)C)NC(=O)[C@H](Cc1ccccc1)NC(=O)CN. The molecule has 3 aliphatic carbocycles. The molecule has 4 aromatic carbocycles. The minimum atomic E-state index is -2.62. The number of aliphatic hydroxyl groups excluding tert-OH is 1. The second kappa shape index (κ2) is 29.0. The van der Waals surface area contributed by atoms with Gasteiger partial charge >= 0.3 is 29.8 Å². The van der Waals surface area contributed by atoms with Crippen molar-refractivity contribution in [2.45, 2.75) is 154 Å². The molecule has 7 N–H and O–H groups in total. The largest absolute Gasteiger partial charge is 0.455 e. The Bertz CT molecular complexity index is 3600. The number of rotatable bonds is 23. The maximum atomic E-state index is 16.0. The number of aliphatic hydroxyl groups is 2. The van der Waals surface area contributed by atoms with Crippen molar-refractivity contribution in [3.63, 3.8) is 0 Å². The van der Waals surface area contributed by atoms with Crippen LogP contribution in [-0.4, -0.2) is 160 Å². The molecule has 0 spiro atoms. The Hall–Kier alpha value is -9.23. The maximum Gasteiger partial charge on any atom is 0.350 e. The average Bonchev–Trinajstić information content (AvgIpc) is 0.670. The summed E-state index contributed by atoms with van der Waals surface area (Å²) in [6.07, 6.45) is -12.2. The topological polar surface area (TPSA) is 349 Å². The van der Waals surface area contributed by atoms with Gasteiger partial charge in [-0.15, -0.1) is 0 Å². The van der Waals surface area contributed by atoms with Gasteiger partial charge in [0, 0.05) is 49.7 Å². The van der Waals surface area contributed by atoms with Crippen LogP contribution in [-0.2, 0) is 78.0 Å². The molecule has 13 atom stereocenters. The number of esters is 5. The lowest BCUT2D eigenvalue weighted by Crippen LogP contribution is -2.82. The molecule has 94 heavy (non-hydrogen) atoms. The van der Waals surface area contributed by atoms with E-state index in [-0.39, 0.29) is 58.6 Å². The van der Waals surface area contributed by atoms with Crippen LogP contribution in [0.5, 0.6) is 0 Å². The van der Waals surface area contributed by atoms with Crippen LogP contribution in [0.1, 0.15) is 119 Å². The van der Waals surface area contributed by atoms with E-state index in [1.807, 2.05) is 0 Å². The van der Waals surface area contributed by atoms with Crippen LogP contribution in [0.3, 0.4) is 0 Å². The van der Waals surface area contributed by atoms with Crippen molar-refractivity contribution in [3.05, 3.63) is 167 Å². The average molecular weight is 1300 g/mol. The van der Waals surface area contributed by atoms with E-state index in [1.165, 1.54) is 71.0 Å². The van der Waals surface area contributed by atoms with E-state index < -0.39 is 174 Å². The Morgan fingerprint density at radius 2 is 1.35 bits per heavy atom. The monoisotopic (exact) mass is 1300 g/mol. The van der Waals surface area contributed by atoms with E-state index >= 15 is 19.2 Å². The third kappa shape index (κ3) is 14.4. The van der Waals surface area contributed by atoms with E-state index in [1.54, 1.807) is 98.8 Å². The first-order valence-electron chi connectivity index (χ1n) is 31.0. The predicted molar refractivity (Wildman–Crippen MR) is 336 cm³/mol. The van der Waals surface area contributed by atoms with Crippen LogP contribution >= 0.6 is 0 Å². The van der Waals surface area contributed by atoms with Crippen molar-refractivity contribution in [2.75, 3.05) is 19.7 Å². The molecule has 1 aliphatic heterocycles. The van der Waals surface area contributed by atoms with E-state index in [4.69, 9.17) is 34.2 Å². The Kier molecular flexibility index (Phi) is 21.8. The van der Waals surface area contributed by atoms with Crippen LogP contribution in [0.4, 0.5) is 0 Å². The quantitative estimate of drug-likeness (QED) is 0.0259. The molecular formula is C70H81N5O19. The number of nitrogens with zero attached hydrogens (tertiary/aromatic N) is 1. The molecule has 0 aromatic heterocycles. The summed E-state index contributed by atoms with van der Waals surface area (Å²) in [5, 5.41) is 34.6. The third-order valence-corrected chi connectivity index (χ3v) is 18.3. The standard InChI is InChI=1S/C70H81N5O19/c1-38(2)31-48(73-62(83)47(72-52(79)35-71)32-43-23-15-11-16-24-43)64(85)75(63(84)39(3)4)36-53(80)92-57(55(44-25-17-12-18-26-44)74-61(82)45-27-19-13-20-28-45)66(87)91-49-34-70(88)60(93-65(86)46-29-21-14-22-30-46)58-68(10,50(78)33-51-69(58,37-89-51)94-42(7)77)59(81)56(90-41(6)76)54(40(49)5)67(70,8)9/h11-30,38,47-51,55-58,60,78,88H,3,31-37,71H2,1-2,4-10H3,(H,72,79)(H,73,83)(H,74,82)/t47-,48-,49-,50-,51+,55-,56+,57+,58?,60-,68?,69?,70+/m0/s1. The Labute approximate surface area is 544 Å². The zero-order valence-corrected chi connectivity index (χ0v) is 53.9. The van der Waals surface area contributed by atoms with Crippen molar-refractivity contribution in [3.8, 4) is 0 Å². The fraction of sp³-hybridized carbons (Fsp3) is 0.443. The zero-order chi connectivity index (χ0) is 68.8. The fourth-order valence-corrected chi connectivity index (χ4v) is 13.5. The molecule has 2 saturated carbocycles. The van der Waals surface area contributed by atoms with Gasteiger partial charge < -0.3 is 60.3 Å². The van der Waals surface area contributed by atoms with Crippen LogP contribution in [0.2, 0.25) is 0 Å². The third-order valence-electron chi connectivity index (χ3n) is 18.3. The van der Waals surface area contributed by atoms with E-state index in [2.05, 4.69) is 22.5 Å². The Morgan fingerprint density at radius 3 is 1.89 bits per heavy atom. The molecule has 3 fully saturated rings. The zero-order valence-electron chi connectivity index (χ0n) is 53.9. The molecule has 5 amide bonds. The molecule has 4 aromatic rings. The number of carbonyl (C=O) groups excluding carboxylic acids is 11. The second-order valence-electron chi connectivity index (χ2n) is 25.5. The van der Waals surface area contributed by atoms with Crippen molar-refractivity contribution in [1.82, 2.24) is 20.9 Å². The molecular weight excluding hydrogens is 1210 g/mol. The summed E-state index contributed by atoms with van der Waals surface area (Å²) in [4.78, 5) is 160. The first-order valence-corrected chi connectivity index (χ1v) is 31.0. The number of ether oxygens (including phenoxy) is 6. The summed E-state index contributed by atoms with van der Waals surface area (Å²) in [7, 11) is 0. The predicted octanol–water partition coefficient (Wildman–Crippen LogP) is 4.44. The number of nitrogens with one attached hydrogen (secondary N) is 3. The number of amides is 5. The number of Topliss-reactive ketones (excluding diaryl/α,β-unsaturated/α-hetero) is 1. The highest BCUT2D eigenvalue weighted by Crippen LogP contribution is 2.64. The molecule has 0 radical (unpaired) electrons. The van der Waals surface area contributed by atoms with Gasteiger partial charge in [0.1, 0.15) is 48.6 Å². The molecule has 8 rings (SSSR count). The minimum Gasteiger partial charge on any atom is -0.455 e. The summed E-state index contributed by atoms with van der Waals surface area (Å²) in [5.74, 6) is -13.4. The molecule has 1 saturated heterocycles. The normalized spacial score (nSPS) is 25.4. The molecule has 2 bridgehead atoms. The first kappa shape index (κ1) is 70.6. The minimum absolute atomic E-state index is 0.00649.